The number of aromatic nitrogens is 4. The number of piperidine rings is 1. The Balaban J connectivity index is 1.31. The van der Waals surface area contributed by atoms with E-state index < -0.39 is 0 Å². The molecular weight excluding hydrogens is 484 g/mol. The van der Waals surface area contributed by atoms with E-state index in [1.165, 1.54) is 30.1 Å². The molecule has 2 aromatic carbocycles. The summed E-state index contributed by atoms with van der Waals surface area (Å²) in [5.41, 5.74) is 13.6. The topological polar surface area (TPSA) is 112 Å². The van der Waals surface area contributed by atoms with Crippen LogP contribution in [-0.2, 0) is 13.1 Å². The highest BCUT2D eigenvalue weighted by molar-refractivity contribution is 6.18. The van der Waals surface area contributed by atoms with E-state index >= 15 is 0 Å². The molecule has 0 aliphatic carbocycles. The molecule has 5 rings (SSSR count). The van der Waals surface area contributed by atoms with Gasteiger partial charge in [0, 0.05) is 58.9 Å². The number of aromatic amines is 1. The summed E-state index contributed by atoms with van der Waals surface area (Å²) in [4.78, 5) is 6.17. The second-order valence-corrected chi connectivity index (χ2v) is 11.1. The summed E-state index contributed by atoms with van der Waals surface area (Å²) < 4.78 is 1.82. The Morgan fingerprint density at radius 3 is 2.73 bits per heavy atom. The number of nitrogen functional groups attached to an aromatic ring is 1. The Hall–Kier alpha value is -3.36. The summed E-state index contributed by atoms with van der Waals surface area (Å²) >= 11 is 5.82. The van der Waals surface area contributed by atoms with Crippen molar-refractivity contribution in [3.63, 3.8) is 0 Å². The van der Waals surface area contributed by atoms with Gasteiger partial charge in [0.15, 0.2) is 0 Å². The Morgan fingerprint density at radius 1 is 1.16 bits per heavy atom. The second kappa shape index (κ2) is 10.6. The third-order valence-electron chi connectivity index (χ3n) is 7.29. The van der Waals surface area contributed by atoms with Gasteiger partial charge in [-0.1, -0.05) is 31.2 Å². The number of hydrogen-bond acceptors (Lipinski definition) is 6. The summed E-state index contributed by atoms with van der Waals surface area (Å²) in [6.07, 6.45) is 5.66. The molecule has 0 unspecified atom stereocenters. The van der Waals surface area contributed by atoms with Gasteiger partial charge < -0.3 is 21.4 Å². The Kier molecular flexibility index (Phi) is 7.22. The number of rotatable bonds is 9. The van der Waals surface area contributed by atoms with Gasteiger partial charge >= 0.3 is 0 Å². The standard InChI is InChI=1S/C28H35ClN8/c1-28(2)5-9-36(10-6-28)17-22-12-20-4-3-19(11-26(20)33-22)16-37-18-27(34-35-37)23-13-21(32-8-7-29)14-25(31)24(23)15-30/h3-4,11-15,18,30,32-33H,5-10,16-17,31H2,1-2H3. The Bertz CT molecular complexity index is 1390. The first-order valence-corrected chi connectivity index (χ1v) is 13.3. The van der Waals surface area contributed by atoms with Crippen molar-refractivity contribution in [2.75, 3.05) is 36.6 Å². The maximum absolute atomic E-state index is 7.84. The maximum Gasteiger partial charge on any atom is 0.113 e. The third-order valence-corrected chi connectivity index (χ3v) is 7.47. The van der Waals surface area contributed by atoms with Crippen LogP contribution in [0, 0.1) is 10.8 Å². The predicted octanol–water partition coefficient (Wildman–Crippen LogP) is 5.33. The van der Waals surface area contributed by atoms with Gasteiger partial charge in [-0.15, -0.1) is 16.7 Å². The summed E-state index contributed by atoms with van der Waals surface area (Å²) in [6.45, 7) is 9.22. The van der Waals surface area contributed by atoms with E-state index in [4.69, 9.17) is 22.7 Å². The monoisotopic (exact) mass is 518 g/mol. The molecule has 4 aromatic rings. The minimum absolute atomic E-state index is 0.463. The minimum atomic E-state index is 0.463. The quantitative estimate of drug-likeness (QED) is 0.136. The molecule has 1 fully saturated rings. The molecule has 0 bridgehead atoms. The van der Waals surface area contributed by atoms with Crippen molar-refractivity contribution >= 4 is 40.1 Å². The van der Waals surface area contributed by atoms with Crippen molar-refractivity contribution in [2.24, 2.45) is 5.41 Å². The molecular formula is C28H35ClN8. The van der Waals surface area contributed by atoms with E-state index in [0.717, 1.165) is 42.0 Å². The highest BCUT2D eigenvalue weighted by Crippen LogP contribution is 2.31. The van der Waals surface area contributed by atoms with Gasteiger partial charge in [-0.2, -0.15) is 0 Å². The number of likely N-dealkylation sites (tertiary alicyclic amines) is 1. The third kappa shape index (κ3) is 5.81. The van der Waals surface area contributed by atoms with Crippen LogP contribution >= 0.6 is 11.6 Å². The summed E-state index contributed by atoms with van der Waals surface area (Å²) in [7, 11) is 0. The van der Waals surface area contributed by atoms with Crippen molar-refractivity contribution in [3.05, 3.63) is 59.4 Å². The van der Waals surface area contributed by atoms with Gasteiger partial charge in [0.2, 0.25) is 0 Å². The van der Waals surface area contributed by atoms with Gasteiger partial charge in [0.1, 0.15) is 5.69 Å². The molecule has 37 heavy (non-hydrogen) atoms. The molecule has 0 saturated carbocycles. The summed E-state index contributed by atoms with van der Waals surface area (Å²) in [5, 5.41) is 21.0. The first-order valence-electron chi connectivity index (χ1n) is 12.8. The lowest BCUT2D eigenvalue weighted by molar-refractivity contribution is 0.126. The van der Waals surface area contributed by atoms with Gasteiger partial charge in [-0.25, -0.2) is 4.68 Å². The normalized spacial score (nSPS) is 15.8. The zero-order valence-electron chi connectivity index (χ0n) is 21.5. The van der Waals surface area contributed by atoms with Crippen LogP contribution in [0.4, 0.5) is 11.4 Å². The molecule has 5 N–H and O–H groups in total. The Labute approximate surface area is 222 Å². The predicted molar refractivity (Wildman–Crippen MR) is 153 cm³/mol. The molecule has 0 atom stereocenters. The van der Waals surface area contributed by atoms with E-state index in [9.17, 15) is 0 Å². The van der Waals surface area contributed by atoms with Gasteiger partial charge in [0.05, 0.1) is 12.7 Å². The first kappa shape index (κ1) is 25.3. The average molecular weight is 519 g/mol. The molecule has 3 heterocycles. The number of benzene rings is 2. The lowest BCUT2D eigenvalue weighted by atomic mass is 9.83. The lowest BCUT2D eigenvalue weighted by Gasteiger charge is -2.36. The summed E-state index contributed by atoms with van der Waals surface area (Å²) in [6, 6.07) is 12.5. The number of nitrogens with one attached hydrogen (secondary N) is 3. The number of anilines is 2. The van der Waals surface area contributed by atoms with E-state index in [1.807, 2.05) is 23.0 Å². The SMILES string of the molecule is CC1(C)CCN(Cc2cc3ccc(Cn4cc(-c5cc(NCCCl)cc(N)c5C=N)nn4)cc3[nH]2)CC1. The molecule has 1 aliphatic heterocycles. The van der Waals surface area contributed by atoms with E-state index in [2.05, 4.69) is 63.6 Å². The van der Waals surface area contributed by atoms with Crippen LogP contribution in [0.3, 0.4) is 0 Å². The molecule has 0 radical (unpaired) electrons. The number of halogens is 1. The number of H-pyrrole nitrogens is 1. The highest BCUT2D eigenvalue weighted by Gasteiger charge is 2.25. The van der Waals surface area contributed by atoms with Gasteiger partial charge in [0.25, 0.3) is 0 Å². The van der Waals surface area contributed by atoms with Crippen LogP contribution in [0.1, 0.15) is 43.5 Å². The zero-order chi connectivity index (χ0) is 26.0. The van der Waals surface area contributed by atoms with Crippen LogP contribution in [0.5, 0.6) is 0 Å². The molecule has 0 spiro atoms. The fourth-order valence-electron chi connectivity index (χ4n) is 5.00. The number of fused-ring (bicyclic) bond motifs is 1. The zero-order valence-corrected chi connectivity index (χ0v) is 22.3. The van der Waals surface area contributed by atoms with Crippen LogP contribution < -0.4 is 11.1 Å². The molecule has 1 saturated heterocycles. The molecule has 8 nitrogen and oxygen atoms in total. The fourth-order valence-corrected chi connectivity index (χ4v) is 5.10. The molecule has 194 valence electrons. The van der Waals surface area contributed by atoms with Crippen molar-refractivity contribution in [1.29, 1.82) is 5.41 Å². The minimum Gasteiger partial charge on any atom is -0.398 e. The van der Waals surface area contributed by atoms with Crippen LogP contribution in [0.15, 0.2) is 42.6 Å². The van der Waals surface area contributed by atoms with Crippen LogP contribution in [0.2, 0.25) is 0 Å². The smallest absolute Gasteiger partial charge is 0.113 e. The van der Waals surface area contributed by atoms with Crippen LogP contribution in [-0.4, -0.2) is 56.6 Å². The Morgan fingerprint density at radius 2 is 1.97 bits per heavy atom. The van der Waals surface area contributed by atoms with E-state index in [0.29, 0.717) is 41.3 Å². The second-order valence-electron chi connectivity index (χ2n) is 10.7. The van der Waals surface area contributed by atoms with Crippen molar-refractivity contribution in [2.45, 2.75) is 39.8 Å². The number of nitrogens with zero attached hydrogens (tertiary/aromatic N) is 4. The van der Waals surface area contributed by atoms with Gasteiger partial charge in [-0.05, 0) is 66.6 Å². The average Bonchev–Trinajstić information content (AvgIpc) is 3.50. The molecule has 2 aromatic heterocycles. The number of alkyl halides is 1. The first-order chi connectivity index (χ1) is 17.8. The molecule has 1 aliphatic rings. The number of hydrogen-bond donors (Lipinski definition) is 4. The van der Waals surface area contributed by atoms with Crippen molar-refractivity contribution < 1.29 is 0 Å². The van der Waals surface area contributed by atoms with Gasteiger partial charge in [-0.3, -0.25) is 4.90 Å². The maximum atomic E-state index is 7.84. The highest BCUT2D eigenvalue weighted by atomic mass is 35.5. The van der Waals surface area contributed by atoms with E-state index in [-0.39, 0.29) is 0 Å². The van der Waals surface area contributed by atoms with Crippen molar-refractivity contribution in [1.82, 2.24) is 24.9 Å². The lowest BCUT2D eigenvalue weighted by Crippen LogP contribution is -2.36. The van der Waals surface area contributed by atoms with Crippen molar-refractivity contribution in [3.8, 4) is 11.3 Å². The van der Waals surface area contributed by atoms with Crippen LogP contribution in [0.25, 0.3) is 22.2 Å². The summed E-state index contributed by atoms with van der Waals surface area (Å²) in [5.74, 6) is 0.487. The molecule has 0 amide bonds. The largest absolute Gasteiger partial charge is 0.398 e. The number of nitrogens with two attached hydrogens (primary N) is 1. The molecule has 9 heteroatoms. The fraction of sp³-hybridized carbons (Fsp3) is 0.393. The van der Waals surface area contributed by atoms with E-state index in [1.54, 1.807) is 0 Å².